The third-order valence-electron chi connectivity index (χ3n) is 4.97. The van der Waals surface area contributed by atoms with E-state index in [2.05, 4.69) is 64.2 Å². The van der Waals surface area contributed by atoms with Crippen LogP contribution in [0, 0.1) is 5.41 Å². The van der Waals surface area contributed by atoms with Gasteiger partial charge in [0.1, 0.15) is 5.60 Å². The lowest BCUT2D eigenvalue weighted by Crippen LogP contribution is -2.39. The van der Waals surface area contributed by atoms with Crippen LogP contribution in [0.15, 0.2) is 18.2 Å². The van der Waals surface area contributed by atoms with Gasteiger partial charge in [0.2, 0.25) is 0 Å². The lowest BCUT2D eigenvalue weighted by molar-refractivity contribution is 0.0272. The van der Waals surface area contributed by atoms with E-state index < -0.39 is 11.0 Å². The molecule has 1 heterocycles. The van der Waals surface area contributed by atoms with Gasteiger partial charge in [-0.3, -0.25) is 4.79 Å². The van der Waals surface area contributed by atoms with Gasteiger partial charge < -0.3 is 9.64 Å². The molecule has 4 nitrogen and oxygen atoms in total. The van der Waals surface area contributed by atoms with Gasteiger partial charge >= 0.3 is 6.09 Å². The number of alkyl halides is 2. The number of likely N-dealkylation sites (tertiary alicyclic amines) is 1. The summed E-state index contributed by atoms with van der Waals surface area (Å²) in [6.45, 7) is 8.72. The molecule has 0 spiro atoms. The van der Waals surface area contributed by atoms with Crippen molar-refractivity contribution in [2.45, 2.75) is 61.4 Å². The molecule has 0 N–H and O–H groups in total. The molecule has 1 aromatic rings. The highest BCUT2D eigenvalue weighted by Crippen LogP contribution is 2.39. The first kappa shape index (κ1) is 22.9. The largest absolute Gasteiger partial charge is 0.444 e. The number of halogens is 2. The molecule has 2 rings (SSSR count). The van der Waals surface area contributed by atoms with Crippen LogP contribution in [0.25, 0.3) is 0 Å². The number of carbonyl (C=O) groups is 2. The molecule has 0 unspecified atom stereocenters. The zero-order valence-electron chi connectivity index (χ0n) is 16.6. The van der Waals surface area contributed by atoms with Gasteiger partial charge in [0, 0.05) is 27.5 Å². The molecule has 0 radical (unpaired) electrons. The summed E-state index contributed by atoms with van der Waals surface area (Å²) in [6.07, 6.45) is 2.09. The van der Waals surface area contributed by atoms with Gasteiger partial charge in [0.15, 0.2) is 5.78 Å². The second-order valence-corrected chi connectivity index (χ2v) is 9.79. The zero-order chi connectivity index (χ0) is 20.2. The highest BCUT2D eigenvalue weighted by molar-refractivity contribution is 14.1. The Balaban J connectivity index is 2.26. The van der Waals surface area contributed by atoms with Crippen molar-refractivity contribution >= 4 is 57.1 Å². The van der Waals surface area contributed by atoms with E-state index in [9.17, 15) is 9.59 Å². The fourth-order valence-corrected chi connectivity index (χ4v) is 5.12. The summed E-state index contributed by atoms with van der Waals surface area (Å²) in [6, 6.07) is 6.09. The highest BCUT2D eigenvalue weighted by atomic mass is 127. The maximum Gasteiger partial charge on any atom is 0.410 e. The predicted molar refractivity (Wildman–Crippen MR) is 126 cm³/mol. The predicted octanol–water partition coefficient (Wildman–Crippen LogP) is 6.17. The smallest absolute Gasteiger partial charge is 0.410 e. The van der Waals surface area contributed by atoms with Crippen LogP contribution in [0.1, 0.15) is 68.4 Å². The second-order valence-electron chi connectivity index (χ2n) is 8.26. The lowest BCUT2D eigenvalue weighted by atomic mass is 9.75. The summed E-state index contributed by atoms with van der Waals surface area (Å²) in [5.74, 6) is 0.168. The molecule has 1 amide bonds. The zero-order valence-corrected chi connectivity index (χ0v) is 20.9. The van der Waals surface area contributed by atoms with Gasteiger partial charge in [-0.05, 0) is 50.8 Å². The number of Topliss-reactive ketones (excluding diaryl/α,β-unsaturated/α-hetero) is 1. The number of amides is 1. The van der Waals surface area contributed by atoms with E-state index in [0.29, 0.717) is 19.5 Å². The molecular weight excluding hydrogens is 568 g/mol. The molecule has 0 bridgehead atoms. The minimum atomic E-state index is -0.526. The SMILES string of the molecule is CCC[C@]1(C(=O)c2ccc(CI)c(CI)c2)CCN(C(=O)OC(C)(C)C)C1. The van der Waals surface area contributed by atoms with Crippen LogP contribution in [0.4, 0.5) is 4.79 Å². The summed E-state index contributed by atoms with van der Waals surface area (Å²) in [5, 5.41) is 0. The minimum Gasteiger partial charge on any atom is -0.444 e. The van der Waals surface area contributed by atoms with Crippen LogP contribution in [-0.2, 0) is 13.6 Å². The van der Waals surface area contributed by atoms with Crippen molar-refractivity contribution in [3.05, 3.63) is 34.9 Å². The van der Waals surface area contributed by atoms with Crippen molar-refractivity contribution in [2.24, 2.45) is 5.41 Å². The van der Waals surface area contributed by atoms with Gasteiger partial charge in [-0.1, -0.05) is 70.7 Å². The summed E-state index contributed by atoms with van der Waals surface area (Å²) >= 11 is 4.71. The van der Waals surface area contributed by atoms with Crippen LogP contribution in [-0.4, -0.2) is 35.5 Å². The quantitative estimate of drug-likeness (QED) is 0.224. The third kappa shape index (κ3) is 5.58. The van der Waals surface area contributed by atoms with Crippen molar-refractivity contribution in [1.29, 1.82) is 0 Å². The number of rotatable bonds is 6. The van der Waals surface area contributed by atoms with Gasteiger partial charge in [0.05, 0.1) is 5.41 Å². The molecule has 1 fully saturated rings. The van der Waals surface area contributed by atoms with E-state index >= 15 is 0 Å². The third-order valence-corrected chi connectivity index (χ3v) is 6.62. The average molecular weight is 597 g/mol. The van der Waals surface area contributed by atoms with Crippen molar-refractivity contribution in [3.8, 4) is 0 Å². The molecule has 1 saturated heterocycles. The lowest BCUT2D eigenvalue weighted by Gasteiger charge is -2.29. The maximum absolute atomic E-state index is 13.5. The molecular formula is C21H29I2NO3. The summed E-state index contributed by atoms with van der Waals surface area (Å²) in [5.41, 5.74) is 2.26. The number of hydrogen-bond donors (Lipinski definition) is 0. The summed E-state index contributed by atoms with van der Waals surface area (Å²) in [4.78, 5) is 27.7. The van der Waals surface area contributed by atoms with Gasteiger partial charge in [0.25, 0.3) is 0 Å². The molecule has 1 atom stereocenters. The normalized spacial score (nSPS) is 20.0. The Labute approximate surface area is 190 Å². The van der Waals surface area contributed by atoms with E-state index in [-0.39, 0.29) is 11.9 Å². The number of carbonyl (C=O) groups excluding carboxylic acids is 2. The van der Waals surface area contributed by atoms with Crippen LogP contribution in [0.2, 0.25) is 0 Å². The monoisotopic (exact) mass is 597 g/mol. The first-order valence-electron chi connectivity index (χ1n) is 9.42. The Morgan fingerprint density at radius 3 is 2.41 bits per heavy atom. The molecule has 1 aliphatic rings. The van der Waals surface area contributed by atoms with Crippen molar-refractivity contribution in [2.75, 3.05) is 13.1 Å². The topological polar surface area (TPSA) is 46.6 Å². The van der Waals surface area contributed by atoms with E-state index in [4.69, 9.17) is 4.74 Å². The molecule has 1 aromatic carbocycles. The van der Waals surface area contributed by atoms with Crippen molar-refractivity contribution in [3.63, 3.8) is 0 Å². The summed E-state index contributed by atoms with van der Waals surface area (Å²) in [7, 11) is 0. The average Bonchev–Trinajstić information content (AvgIpc) is 3.05. The molecule has 0 aromatic heterocycles. The van der Waals surface area contributed by atoms with Crippen LogP contribution < -0.4 is 0 Å². The maximum atomic E-state index is 13.5. The van der Waals surface area contributed by atoms with Crippen LogP contribution in [0.3, 0.4) is 0 Å². The molecule has 1 aliphatic heterocycles. The Kier molecular flexibility index (Phi) is 7.98. The van der Waals surface area contributed by atoms with Gasteiger partial charge in [-0.2, -0.15) is 0 Å². The molecule has 0 aliphatic carbocycles. The fourth-order valence-electron chi connectivity index (χ4n) is 3.66. The van der Waals surface area contributed by atoms with Crippen molar-refractivity contribution < 1.29 is 14.3 Å². The number of benzene rings is 1. The Morgan fingerprint density at radius 2 is 1.85 bits per heavy atom. The Morgan fingerprint density at radius 1 is 1.19 bits per heavy atom. The molecule has 0 saturated carbocycles. The first-order chi connectivity index (χ1) is 12.7. The standard InChI is InChI=1S/C21H29I2NO3/c1-5-8-21(9-10-24(14-21)19(26)27-20(2,3)4)18(25)15-6-7-16(12-22)17(11-15)13-23/h6-7,11H,5,8-10,12-14H2,1-4H3/t21-/m0/s1. The van der Waals surface area contributed by atoms with E-state index in [1.807, 2.05) is 26.8 Å². The van der Waals surface area contributed by atoms with Gasteiger partial charge in [-0.25, -0.2) is 4.79 Å². The van der Waals surface area contributed by atoms with E-state index in [1.165, 1.54) is 11.1 Å². The van der Waals surface area contributed by atoms with E-state index in [1.54, 1.807) is 4.90 Å². The Hall–Kier alpha value is -0.380. The van der Waals surface area contributed by atoms with Crippen molar-refractivity contribution in [1.82, 2.24) is 4.90 Å². The molecule has 150 valence electrons. The number of ketones is 1. The minimum absolute atomic E-state index is 0.168. The Bertz CT molecular complexity index is 699. The van der Waals surface area contributed by atoms with Crippen LogP contribution >= 0.6 is 45.2 Å². The highest BCUT2D eigenvalue weighted by Gasteiger charge is 2.46. The second kappa shape index (κ2) is 9.41. The number of hydrogen-bond acceptors (Lipinski definition) is 3. The number of nitrogens with zero attached hydrogens (tertiary/aromatic N) is 1. The van der Waals surface area contributed by atoms with Gasteiger partial charge in [-0.15, -0.1) is 0 Å². The summed E-state index contributed by atoms with van der Waals surface area (Å²) < 4.78 is 7.35. The van der Waals surface area contributed by atoms with E-state index in [0.717, 1.165) is 27.3 Å². The molecule has 6 heteroatoms. The molecule has 27 heavy (non-hydrogen) atoms. The fraction of sp³-hybridized carbons (Fsp3) is 0.619. The van der Waals surface area contributed by atoms with Crippen LogP contribution in [0.5, 0.6) is 0 Å². The number of ether oxygens (including phenoxy) is 1. The first-order valence-corrected chi connectivity index (χ1v) is 12.5.